The maximum atomic E-state index is 5.36. The normalized spacial score (nSPS) is 10.5. The molecule has 0 aliphatic heterocycles. The lowest BCUT2D eigenvalue weighted by Crippen LogP contribution is -1.96. The van der Waals surface area contributed by atoms with Crippen molar-refractivity contribution in [3.05, 3.63) is 48.5 Å². The Morgan fingerprint density at radius 2 is 1.55 bits per heavy atom. The second kappa shape index (κ2) is 5.17. The van der Waals surface area contributed by atoms with Crippen molar-refractivity contribution in [2.45, 2.75) is 0 Å². The molecule has 0 aliphatic rings. The molecule has 0 atom stereocenters. The number of nitrogens with zero attached hydrogens (tertiary/aromatic N) is 2. The average molecular weight is 266 g/mol. The molecule has 0 radical (unpaired) electrons. The van der Waals surface area contributed by atoms with E-state index in [0.717, 1.165) is 22.2 Å². The third kappa shape index (κ3) is 2.16. The van der Waals surface area contributed by atoms with Crippen LogP contribution in [0.2, 0.25) is 0 Å². The fraction of sp³-hybridized carbons (Fsp3) is 0.125. The summed E-state index contributed by atoms with van der Waals surface area (Å²) in [7, 11) is 3.26. The Labute approximate surface area is 117 Å². The number of para-hydroxylation sites is 1. The zero-order valence-electron chi connectivity index (χ0n) is 11.3. The first-order valence-corrected chi connectivity index (χ1v) is 6.27. The molecule has 20 heavy (non-hydrogen) atoms. The van der Waals surface area contributed by atoms with E-state index in [9.17, 15) is 0 Å². The molecular formula is C16H14N2O2. The molecule has 0 N–H and O–H groups in total. The Bertz CT molecular complexity index is 739. The highest BCUT2D eigenvalue weighted by molar-refractivity contribution is 5.85. The van der Waals surface area contributed by atoms with Crippen LogP contribution in [0, 0.1) is 0 Å². The van der Waals surface area contributed by atoms with Gasteiger partial charge in [-0.25, -0.2) is 4.98 Å². The molecule has 4 nitrogen and oxygen atoms in total. The van der Waals surface area contributed by atoms with Gasteiger partial charge in [-0.1, -0.05) is 12.1 Å². The summed E-state index contributed by atoms with van der Waals surface area (Å²) in [6.07, 6.45) is 0. The highest BCUT2D eigenvalue weighted by atomic mass is 16.5. The van der Waals surface area contributed by atoms with Gasteiger partial charge in [-0.15, -0.1) is 0 Å². The van der Waals surface area contributed by atoms with E-state index in [0.29, 0.717) is 11.7 Å². The summed E-state index contributed by atoms with van der Waals surface area (Å²) >= 11 is 0. The van der Waals surface area contributed by atoms with Crippen molar-refractivity contribution in [2.75, 3.05) is 14.2 Å². The van der Waals surface area contributed by atoms with Gasteiger partial charge in [0.2, 0.25) is 5.88 Å². The molecule has 0 bridgehead atoms. The second-order valence-corrected chi connectivity index (χ2v) is 4.30. The Morgan fingerprint density at radius 1 is 0.800 bits per heavy atom. The van der Waals surface area contributed by atoms with Crippen molar-refractivity contribution in [1.29, 1.82) is 0 Å². The van der Waals surface area contributed by atoms with E-state index in [1.165, 1.54) is 0 Å². The van der Waals surface area contributed by atoms with Crippen LogP contribution in [0.4, 0.5) is 0 Å². The first kappa shape index (κ1) is 12.4. The first-order valence-electron chi connectivity index (χ1n) is 6.27. The molecule has 0 saturated heterocycles. The number of hydrogen-bond acceptors (Lipinski definition) is 4. The summed E-state index contributed by atoms with van der Waals surface area (Å²) in [4.78, 5) is 9.05. The predicted octanol–water partition coefficient (Wildman–Crippen LogP) is 3.31. The molecule has 100 valence electrons. The van der Waals surface area contributed by atoms with Crippen LogP contribution in [0.1, 0.15) is 0 Å². The minimum absolute atomic E-state index is 0.585. The fourth-order valence-corrected chi connectivity index (χ4v) is 2.07. The van der Waals surface area contributed by atoms with Gasteiger partial charge in [0, 0.05) is 5.56 Å². The van der Waals surface area contributed by atoms with Gasteiger partial charge >= 0.3 is 0 Å². The van der Waals surface area contributed by atoms with Gasteiger partial charge in [0.1, 0.15) is 5.75 Å². The van der Waals surface area contributed by atoms with Gasteiger partial charge in [-0.2, -0.15) is 4.98 Å². The smallest absolute Gasteiger partial charge is 0.224 e. The summed E-state index contributed by atoms with van der Waals surface area (Å²) in [5.41, 5.74) is 1.79. The van der Waals surface area contributed by atoms with E-state index in [2.05, 4.69) is 9.97 Å². The Kier molecular flexibility index (Phi) is 3.21. The number of rotatable bonds is 3. The van der Waals surface area contributed by atoms with Crippen molar-refractivity contribution in [1.82, 2.24) is 9.97 Å². The Hall–Kier alpha value is -2.62. The molecule has 2 aromatic carbocycles. The standard InChI is InChI=1S/C16H14N2O2/c1-19-12-9-7-11(8-10-12)15-17-14-6-4-3-5-13(14)16(18-15)20-2/h3-10H,1-2H3. The average Bonchev–Trinajstić information content (AvgIpc) is 2.54. The molecule has 1 heterocycles. The lowest BCUT2D eigenvalue weighted by molar-refractivity contribution is 0.403. The monoisotopic (exact) mass is 266 g/mol. The molecule has 0 aliphatic carbocycles. The number of fused-ring (bicyclic) bond motifs is 1. The zero-order chi connectivity index (χ0) is 13.9. The van der Waals surface area contributed by atoms with Crippen molar-refractivity contribution >= 4 is 10.9 Å². The van der Waals surface area contributed by atoms with E-state index < -0.39 is 0 Å². The molecule has 0 spiro atoms. The third-order valence-corrected chi connectivity index (χ3v) is 3.11. The summed E-state index contributed by atoms with van der Waals surface area (Å²) in [6, 6.07) is 15.4. The SMILES string of the molecule is COc1ccc(-c2nc(OC)c3ccccc3n2)cc1. The van der Waals surface area contributed by atoms with E-state index in [4.69, 9.17) is 9.47 Å². The lowest BCUT2D eigenvalue weighted by atomic mass is 10.2. The van der Waals surface area contributed by atoms with Crippen LogP contribution < -0.4 is 9.47 Å². The number of hydrogen-bond donors (Lipinski definition) is 0. The minimum Gasteiger partial charge on any atom is -0.497 e. The van der Waals surface area contributed by atoms with Crippen LogP contribution in [-0.4, -0.2) is 24.2 Å². The predicted molar refractivity (Wildman–Crippen MR) is 78.1 cm³/mol. The van der Waals surface area contributed by atoms with Crippen LogP contribution in [0.5, 0.6) is 11.6 Å². The first-order chi connectivity index (χ1) is 9.81. The number of aromatic nitrogens is 2. The molecule has 3 aromatic rings. The van der Waals surface area contributed by atoms with E-state index >= 15 is 0 Å². The molecule has 3 rings (SSSR count). The van der Waals surface area contributed by atoms with Gasteiger partial charge < -0.3 is 9.47 Å². The second-order valence-electron chi connectivity index (χ2n) is 4.30. The quantitative estimate of drug-likeness (QED) is 0.729. The highest BCUT2D eigenvalue weighted by Gasteiger charge is 2.09. The number of methoxy groups -OCH3 is 2. The number of benzene rings is 2. The molecule has 1 aromatic heterocycles. The van der Waals surface area contributed by atoms with E-state index in [1.807, 2.05) is 48.5 Å². The molecular weight excluding hydrogens is 252 g/mol. The van der Waals surface area contributed by atoms with Crippen molar-refractivity contribution < 1.29 is 9.47 Å². The Balaban J connectivity index is 2.15. The summed E-state index contributed by atoms with van der Waals surface area (Å²) in [5.74, 6) is 2.03. The summed E-state index contributed by atoms with van der Waals surface area (Å²) < 4.78 is 10.5. The minimum atomic E-state index is 0.585. The summed E-state index contributed by atoms with van der Waals surface area (Å²) in [5, 5.41) is 0.910. The fourth-order valence-electron chi connectivity index (χ4n) is 2.07. The molecule has 0 unspecified atom stereocenters. The van der Waals surface area contributed by atoms with Crippen LogP contribution in [0.3, 0.4) is 0 Å². The zero-order valence-corrected chi connectivity index (χ0v) is 11.3. The third-order valence-electron chi connectivity index (χ3n) is 3.11. The maximum Gasteiger partial charge on any atom is 0.224 e. The number of ether oxygens (including phenoxy) is 2. The summed E-state index contributed by atoms with van der Waals surface area (Å²) in [6.45, 7) is 0. The maximum absolute atomic E-state index is 5.36. The van der Waals surface area contributed by atoms with Gasteiger partial charge in [0.15, 0.2) is 5.82 Å². The van der Waals surface area contributed by atoms with E-state index in [1.54, 1.807) is 14.2 Å². The van der Waals surface area contributed by atoms with E-state index in [-0.39, 0.29) is 0 Å². The van der Waals surface area contributed by atoms with Crippen LogP contribution in [-0.2, 0) is 0 Å². The molecule has 4 heteroatoms. The lowest BCUT2D eigenvalue weighted by Gasteiger charge is -2.08. The largest absolute Gasteiger partial charge is 0.497 e. The van der Waals surface area contributed by atoms with Crippen molar-refractivity contribution in [2.24, 2.45) is 0 Å². The van der Waals surface area contributed by atoms with Crippen molar-refractivity contribution in [3.8, 4) is 23.0 Å². The molecule has 0 saturated carbocycles. The van der Waals surface area contributed by atoms with Crippen molar-refractivity contribution in [3.63, 3.8) is 0 Å². The van der Waals surface area contributed by atoms with Gasteiger partial charge in [0.05, 0.1) is 25.1 Å². The highest BCUT2D eigenvalue weighted by Crippen LogP contribution is 2.26. The van der Waals surface area contributed by atoms with Gasteiger partial charge in [-0.3, -0.25) is 0 Å². The Morgan fingerprint density at radius 3 is 2.25 bits per heavy atom. The molecule has 0 fully saturated rings. The topological polar surface area (TPSA) is 44.2 Å². The van der Waals surface area contributed by atoms with Gasteiger partial charge in [0.25, 0.3) is 0 Å². The molecule has 0 amide bonds. The van der Waals surface area contributed by atoms with Gasteiger partial charge in [-0.05, 0) is 36.4 Å². The van der Waals surface area contributed by atoms with Crippen LogP contribution in [0.25, 0.3) is 22.3 Å². The van der Waals surface area contributed by atoms with Crippen LogP contribution >= 0.6 is 0 Å². The van der Waals surface area contributed by atoms with Crippen LogP contribution in [0.15, 0.2) is 48.5 Å².